The number of benzene rings is 1. The number of amides is 1. The number of fused-ring (bicyclic) bond motifs is 4. The standard InChI is InChI=1S/C24H22ClF2N3O6/c1-10(32)11-4-17-21-13(7-30(17)22(33)14(11)8-36-9-31)12(6-28-23(34)24(2,3)35)18-16(29-21)5-15(26)19(25)20(18)27/h4-5,9-10,32,35H,6-8H2,1-3H3,(H,28,34). The summed E-state index contributed by atoms with van der Waals surface area (Å²) in [6.45, 7) is 3.42. The Labute approximate surface area is 208 Å². The average Bonchev–Trinajstić information content (AvgIpc) is 3.17. The van der Waals surface area contributed by atoms with Crippen molar-refractivity contribution in [1.82, 2.24) is 14.9 Å². The van der Waals surface area contributed by atoms with E-state index in [1.165, 1.54) is 31.4 Å². The zero-order valence-electron chi connectivity index (χ0n) is 19.5. The summed E-state index contributed by atoms with van der Waals surface area (Å²) in [5.41, 5.74) is -1.10. The lowest BCUT2D eigenvalue weighted by Gasteiger charge is -2.19. The molecule has 1 unspecified atom stereocenters. The number of carbonyl (C=O) groups excluding carboxylic acids is 2. The van der Waals surface area contributed by atoms with Crippen LogP contribution in [0.4, 0.5) is 8.78 Å². The van der Waals surface area contributed by atoms with E-state index in [0.717, 1.165) is 6.07 Å². The van der Waals surface area contributed by atoms with Gasteiger partial charge in [-0.05, 0) is 38.0 Å². The van der Waals surface area contributed by atoms with Gasteiger partial charge in [0.05, 0.1) is 35.1 Å². The lowest BCUT2D eigenvalue weighted by molar-refractivity contribution is -0.136. The minimum atomic E-state index is -1.73. The number of nitrogens with one attached hydrogen (secondary N) is 1. The Morgan fingerprint density at radius 3 is 2.67 bits per heavy atom. The fourth-order valence-electron chi connectivity index (χ4n) is 4.26. The molecule has 1 aromatic carbocycles. The second-order valence-corrected chi connectivity index (χ2v) is 9.36. The molecule has 3 aromatic rings. The quantitative estimate of drug-likeness (QED) is 0.251. The molecule has 12 heteroatoms. The van der Waals surface area contributed by atoms with Crippen LogP contribution in [0.3, 0.4) is 0 Å². The Hall–Kier alpha value is -3.41. The van der Waals surface area contributed by atoms with Gasteiger partial charge in [-0.1, -0.05) is 11.6 Å². The van der Waals surface area contributed by atoms with Crippen LogP contribution in [0.15, 0.2) is 16.9 Å². The van der Waals surface area contributed by atoms with E-state index in [1.807, 2.05) is 0 Å². The van der Waals surface area contributed by atoms with Crippen molar-refractivity contribution in [2.24, 2.45) is 0 Å². The van der Waals surface area contributed by atoms with E-state index in [-0.39, 0.29) is 65.1 Å². The largest absolute Gasteiger partial charge is 0.463 e. The number of rotatable bonds is 7. The number of hydrogen-bond acceptors (Lipinski definition) is 7. The summed E-state index contributed by atoms with van der Waals surface area (Å²) in [6, 6.07) is 2.45. The van der Waals surface area contributed by atoms with Crippen molar-refractivity contribution < 1.29 is 33.3 Å². The van der Waals surface area contributed by atoms with Crippen molar-refractivity contribution >= 4 is 34.9 Å². The second kappa shape index (κ2) is 9.23. The van der Waals surface area contributed by atoms with E-state index in [1.54, 1.807) is 0 Å². The van der Waals surface area contributed by atoms with Gasteiger partial charge in [-0.25, -0.2) is 13.8 Å². The van der Waals surface area contributed by atoms with Crippen molar-refractivity contribution in [3.05, 3.63) is 61.4 Å². The van der Waals surface area contributed by atoms with E-state index in [2.05, 4.69) is 10.3 Å². The predicted molar refractivity (Wildman–Crippen MR) is 125 cm³/mol. The number of pyridine rings is 2. The minimum Gasteiger partial charge on any atom is -0.463 e. The van der Waals surface area contributed by atoms with Gasteiger partial charge in [0.2, 0.25) is 0 Å². The highest BCUT2D eigenvalue weighted by Crippen LogP contribution is 2.39. The summed E-state index contributed by atoms with van der Waals surface area (Å²) in [4.78, 5) is 40.8. The van der Waals surface area contributed by atoms with Gasteiger partial charge in [-0.15, -0.1) is 0 Å². The smallest absolute Gasteiger partial charge is 0.293 e. The van der Waals surface area contributed by atoms with E-state index in [4.69, 9.17) is 16.3 Å². The maximum atomic E-state index is 15.2. The topological polar surface area (TPSA) is 131 Å². The summed E-state index contributed by atoms with van der Waals surface area (Å²) in [5, 5.41) is 21.9. The van der Waals surface area contributed by atoms with E-state index in [9.17, 15) is 29.0 Å². The van der Waals surface area contributed by atoms with Crippen LogP contribution in [0.1, 0.15) is 49.1 Å². The Morgan fingerprint density at radius 2 is 2.06 bits per heavy atom. The number of carbonyl (C=O) groups is 2. The lowest BCUT2D eigenvalue weighted by atomic mass is 9.98. The molecule has 1 atom stereocenters. The fourth-order valence-corrected chi connectivity index (χ4v) is 4.41. The summed E-state index contributed by atoms with van der Waals surface area (Å²) >= 11 is 5.82. The average molecular weight is 522 g/mol. The highest BCUT2D eigenvalue weighted by atomic mass is 35.5. The number of hydrogen-bond donors (Lipinski definition) is 3. The van der Waals surface area contributed by atoms with Crippen LogP contribution in [0, 0.1) is 11.6 Å². The lowest BCUT2D eigenvalue weighted by Crippen LogP contribution is -2.41. The Morgan fingerprint density at radius 1 is 1.36 bits per heavy atom. The molecule has 1 aliphatic heterocycles. The van der Waals surface area contributed by atoms with Crippen LogP contribution in [0.5, 0.6) is 0 Å². The first-order valence-corrected chi connectivity index (χ1v) is 11.2. The molecule has 3 heterocycles. The van der Waals surface area contributed by atoms with Gasteiger partial charge >= 0.3 is 0 Å². The zero-order valence-corrected chi connectivity index (χ0v) is 20.2. The first-order valence-electron chi connectivity index (χ1n) is 10.9. The third kappa shape index (κ3) is 4.23. The van der Waals surface area contributed by atoms with Gasteiger partial charge < -0.3 is 24.8 Å². The molecule has 9 nitrogen and oxygen atoms in total. The van der Waals surface area contributed by atoms with Crippen LogP contribution < -0.4 is 10.9 Å². The minimum absolute atomic E-state index is 0.0513. The molecule has 36 heavy (non-hydrogen) atoms. The highest BCUT2D eigenvalue weighted by Gasteiger charge is 2.32. The highest BCUT2D eigenvalue weighted by molar-refractivity contribution is 6.31. The van der Waals surface area contributed by atoms with Crippen molar-refractivity contribution in [3.63, 3.8) is 0 Å². The third-order valence-corrected chi connectivity index (χ3v) is 6.39. The number of aromatic nitrogens is 2. The zero-order chi connectivity index (χ0) is 26.5. The van der Waals surface area contributed by atoms with E-state index in [0.29, 0.717) is 5.56 Å². The molecule has 0 fully saturated rings. The van der Waals surface area contributed by atoms with Crippen LogP contribution in [-0.4, -0.2) is 37.7 Å². The molecule has 0 radical (unpaired) electrons. The van der Waals surface area contributed by atoms with Gasteiger partial charge in [0.15, 0.2) is 5.82 Å². The van der Waals surface area contributed by atoms with E-state index < -0.39 is 39.8 Å². The summed E-state index contributed by atoms with van der Waals surface area (Å²) in [7, 11) is 0. The number of nitrogens with zero attached hydrogens (tertiary/aromatic N) is 2. The van der Waals surface area contributed by atoms with Crippen LogP contribution in [0.2, 0.25) is 5.02 Å². The molecule has 1 amide bonds. The maximum Gasteiger partial charge on any atom is 0.293 e. The molecular weight excluding hydrogens is 500 g/mol. The number of halogens is 3. The first kappa shape index (κ1) is 25.7. The van der Waals surface area contributed by atoms with Gasteiger partial charge in [0.25, 0.3) is 17.9 Å². The third-order valence-electron chi connectivity index (χ3n) is 6.05. The normalized spacial score (nSPS) is 13.3. The van der Waals surface area contributed by atoms with Crippen molar-refractivity contribution in [1.29, 1.82) is 0 Å². The molecule has 190 valence electrons. The molecule has 0 aliphatic carbocycles. The molecule has 1 aliphatic rings. The summed E-state index contributed by atoms with van der Waals surface area (Å²) in [6.07, 6.45) is -1.10. The predicted octanol–water partition coefficient (Wildman–Crippen LogP) is 2.47. The second-order valence-electron chi connectivity index (χ2n) is 8.98. The first-order chi connectivity index (χ1) is 16.9. The SMILES string of the molecule is CC(O)c1cc2n(c(=O)c1COC=O)Cc1c-2nc2cc(F)c(Cl)c(F)c2c1CNC(=O)C(C)(C)O. The van der Waals surface area contributed by atoms with E-state index >= 15 is 4.39 Å². The van der Waals surface area contributed by atoms with Crippen molar-refractivity contribution in [2.45, 2.75) is 52.2 Å². The number of ether oxygens (including phenoxy) is 1. The number of aliphatic hydroxyl groups excluding tert-OH is 1. The monoisotopic (exact) mass is 521 g/mol. The summed E-state index contributed by atoms with van der Waals surface area (Å²) in [5.74, 6) is -2.86. The molecule has 0 spiro atoms. The molecule has 0 saturated carbocycles. The Bertz CT molecular complexity index is 1480. The molecule has 0 saturated heterocycles. The van der Waals surface area contributed by atoms with Crippen LogP contribution in [0.25, 0.3) is 22.3 Å². The molecule has 3 N–H and O–H groups in total. The van der Waals surface area contributed by atoms with Crippen LogP contribution >= 0.6 is 11.6 Å². The Balaban J connectivity index is 1.99. The van der Waals surface area contributed by atoms with Crippen LogP contribution in [-0.2, 0) is 34.0 Å². The van der Waals surface area contributed by atoms with Gasteiger partial charge in [-0.3, -0.25) is 14.4 Å². The van der Waals surface area contributed by atoms with Gasteiger partial charge in [-0.2, -0.15) is 0 Å². The molecule has 4 rings (SSSR count). The fraction of sp³-hybridized carbons (Fsp3) is 0.333. The molecule has 2 aromatic heterocycles. The number of aliphatic hydroxyl groups is 2. The van der Waals surface area contributed by atoms with Gasteiger partial charge in [0.1, 0.15) is 23.0 Å². The van der Waals surface area contributed by atoms with Crippen molar-refractivity contribution in [2.75, 3.05) is 0 Å². The molecule has 0 bridgehead atoms. The maximum absolute atomic E-state index is 15.2. The molecular formula is C24H22ClF2N3O6. The van der Waals surface area contributed by atoms with Gasteiger partial charge in [0, 0.05) is 23.6 Å². The van der Waals surface area contributed by atoms with Crippen molar-refractivity contribution in [3.8, 4) is 11.4 Å². The Kier molecular flexibility index (Phi) is 6.58. The summed E-state index contributed by atoms with van der Waals surface area (Å²) < 4.78 is 35.6.